The summed E-state index contributed by atoms with van der Waals surface area (Å²) in [5, 5.41) is 0. The minimum Gasteiger partial charge on any atom is -0.367 e. The van der Waals surface area contributed by atoms with Crippen molar-refractivity contribution in [3.05, 3.63) is 59.4 Å². The number of anilines is 1. The number of piperazine rings is 1. The van der Waals surface area contributed by atoms with Crippen LogP contribution in [0.15, 0.2) is 42.6 Å². The maximum atomic E-state index is 11.4. The summed E-state index contributed by atoms with van der Waals surface area (Å²) in [6, 6.07) is 12.3. The van der Waals surface area contributed by atoms with Crippen LogP contribution >= 0.6 is 0 Å². The highest BCUT2D eigenvalue weighted by Gasteiger charge is 2.18. The van der Waals surface area contributed by atoms with Gasteiger partial charge in [-0.15, -0.1) is 0 Å². The van der Waals surface area contributed by atoms with Gasteiger partial charge in [0.2, 0.25) is 5.91 Å². The molecule has 1 amide bonds. The average Bonchev–Trinajstić information content (AvgIpc) is 2.73. The van der Waals surface area contributed by atoms with Gasteiger partial charge in [0.05, 0.1) is 17.6 Å². The van der Waals surface area contributed by atoms with Crippen LogP contribution < -0.4 is 4.90 Å². The number of carbonyl (C=O) groups is 1. The van der Waals surface area contributed by atoms with Crippen molar-refractivity contribution < 1.29 is 17.8 Å². The van der Waals surface area contributed by atoms with Gasteiger partial charge in [0.25, 0.3) is 10.1 Å². The molecule has 2 aromatic rings. The molecule has 0 bridgehead atoms. The van der Waals surface area contributed by atoms with Crippen molar-refractivity contribution >= 4 is 21.7 Å². The van der Waals surface area contributed by atoms with E-state index >= 15 is 0 Å². The van der Waals surface area contributed by atoms with Crippen LogP contribution in [0.1, 0.15) is 30.2 Å². The maximum Gasteiger partial charge on any atom is 0.264 e. The summed E-state index contributed by atoms with van der Waals surface area (Å²) in [5.41, 5.74) is 4.41. The fourth-order valence-corrected chi connectivity index (χ4v) is 4.14. The summed E-state index contributed by atoms with van der Waals surface area (Å²) in [6.07, 6.45) is 4.69. The number of pyridine rings is 1. The van der Waals surface area contributed by atoms with E-state index in [1.54, 1.807) is 6.92 Å². The van der Waals surface area contributed by atoms with Gasteiger partial charge in [0, 0.05) is 38.8 Å². The third-order valence-corrected chi connectivity index (χ3v) is 6.26. The number of rotatable bonds is 8. The fourth-order valence-electron chi connectivity index (χ4n) is 3.63. The van der Waals surface area contributed by atoms with E-state index in [-0.39, 0.29) is 11.7 Å². The Balaban J connectivity index is 1.45. The lowest BCUT2D eigenvalue weighted by Crippen LogP contribution is -2.48. The largest absolute Gasteiger partial charge is 0.367 e. The zero-order valence-electron chi connectivity index (χ0n) is 17.3. The van der Waals surface area contributed by atoms with Gasteiger partial charge in [-0.1, -0.05) is 24.3 Å². The summed E-state index contributed by atoms with van der Waals surface area (Å²) < 4.78 is 30.3. The lowest BCUT2D eigenvalue weighted by atomic mass is 10.0. The number of nitrogens with zero attached hydrogens (tertiary/aromatic N) is 3. The Morgan fingerprint density at radius 2 is 1.60 bits per heavy atom. The Labute approximate surface area is 178 Å². The molecule has 2 heterocycles. The van der Waals surface area contributed by atoms with Crippen molar-refractivity contribution in [3.8, 4) is 0 Å². The summed E-state index contributed by atoms with van der Waals surface area (Å²) >= 11 is 0. The third-order valence-electron chi connectivity index (χ3n) is 5.46. The monoisotopic (exact) mass is 431 g/mol. The Hall–Kier alpha value is -2.45. The molecule has 0 saturated carbocycles. The molecule has 30 heavy (non-hydrogen) atoms. The Bertz CT molecular complexity index is 935. The Morgan fingerprint density at radius 1 is 0.967 bits per heavy atom. The van der Waals surface area contributed by atoms with Gasteiger partial charge in [-0.25, -0.2) is 0 Å². The van der Waals surface area contributed by atoms with E-state index in [4.69, 9.17) is 4.55 Å². The number of aromatic nitrogens is 1. The van der Waals surface area contributed by atoms with Gasteiger partial charge < -0.3 is 9.80 Å². The number of amides is 1. The molecule has 1 aliphatic rings. The second-order valence-corrected chi connectivity index (χ2v) is 9.28. The molecule has 3 rings (SSSR count). The van der Waals surface area contributed by atoms with Crippen LogP contribution in [0, 0.1) is 0 Å². The van der Waals surface area contributed by atoms with Gasteiger partial charge in [-0.3, -0.25) is 14.3 Å². The van der Waals surface area contributed by atoms with E-state index < -0.39 is 10.1 Å². The van der Waals surface area contributed by atoms with Crippen molar-refractivity contribution in [1.82, 2.24) is 9.88 Å². The average molecular weight is 432 g/mol. The number of hydrogen-bond donors (Lipinski definition) is 1. The second-order valence-electron chi connectivity index (χ2n) is 7.71. The topological polar surface area (TPSA) is 90.8 Å². The molecule has 1 aliphatic heterocycles. The highest BCUT2D eigenvalue weighted by molar-refractivity contribution is 7.85. The van der Waals surface area contributed by atoms with Gasteiger partial charge in [-0.2, -0.15) is 8.42 Å². The van der Waals surface area contributed by atoms with Gasteiger partial charge in [0.15, 0.2) is 0 Å². The quantitative estimate of drug-likeness (QED) is 0.645. The van der Waals surface area contributed by atoms with Crippen LogP contribution in [-0.4, -0.2) is 60.7 Å². The molecule has 0 aliphatic carbocycles. The van der Waals surface area contributed by atoms with Crippen molar-refractivity contribution in [3.63, 3.8) is 0 Å². The van der Waals surface area contributed by atoms with Crippen LogP contribution in [0.2, 0.25) is 0 Å². The molecule has 0 atom stereocenters. The van der Waals surface area contributed by atoms with Gasteiger partial charge >= 0.3 is 0 Å². The smallest absolute Gasteiger partial charge is 0.264 e. The van der Waals surface area contributed by atoms with Crippen LogP contribution in [0.25, 0.3) is 0 Å². The molecule has 162 valence electrons. The first-order valence-corrected chi connectivity index (χ1v) is 11.9. The molecular formula is C22H29N3O4S. The Morgan fingerprint density at radius 3 is 2.13 bits per heavy atom. The van der Waals surface area contributed by atoms with Gasteiger partial charge in [-0.05, 0) is 48.9 Å². The van der Waals surface area contributed by atoms with Gasteiger partial charge in [0.1, 0.15) is 0 Å². The number of aryl methyl sites for hydroxylation is 3. The summed E-state index contributed by atoms with van der Waals surface area (Å²) in [5.74, 6) is -0.0720. The van der Waals surface area contributed by atoms with Crippen molar-refractivity contribution in [2.24, 2.45) is 0 Å². The first-order valence-electron chi connectivity index (χ1n) is 10.3. The zero-order chi connectivity index (χ0) is 21.6. The molecule has 1 aromatic carbocycles. The lowest BCUT2D eigenvalue weighted by molar-refractivity contribution is -0.129. The van der Waals surface area contributed by atoms with Crippen LogP contribution in [0.5, 0.6) is 0 Å². The molecule has 1 aromatic heterocycles. The predicted octanol–water partition coefficient (Wildman–Crippen LogP) is 2.36. The number of benzene rings is 1. The summed E-state index contributed by atoms with van der Waals surface area (Å²) in [7, 11) is -3.88. The second kappa shape index (κ2) is 10.0. The lowest BCUT2D eigenvalue weighted by Gasteiger charge is -2.35. The van der Waals surface area contributed by atoms with Crippen molar-refractivity contribution in [2.45, 2.75) is 32.6 Å². The molecule has 1 N–H and O–H groups in total. The van der Waals surface area contributed by atoms with E-state index in [0.717, 1.165) is 56.0 Å². The molecule has 1 fully saturated rings. The molecule has 7 nitrogen and oxygen atoms in total. The molecule has 0 spiro atoms. The van der Waals surface area contributed by atoms with E-state index in [1.807, 2.05) is 23.2 Å². The van der Waals surface area contributed by atoms with Crippen LogP contribution in [-0.2, 0) is 34.2 Å². The van der Waals surface area contributed by atoms with Crippen LogP contribution in [0.3, 0.4) is 0 Å². The highest BCUT2D eigenvalue weighted by Crippen LogP contribution is 2.17. The van der Waals surface area contributed by atoms with E-state index in [1.165, 1.54) is 5.56 Å². The SMILES string of the molecule is CC(=O)N1CCN(c2ccc(CCc3ccc(CCCS(=O)(=O)O)cc3)nc2)CC1. The minimum absolute atomic E-state index is 0.134. The zero-order valence-corrected chi connectivity index (χ0v) is 18.1. The predicted molar refractivity (Wildman–Crippen MR) is 117 cm³/mol. The molecule has 8 heteroatoms. The maximum absolute atomic E-state index is 11.4. The Kier molecular flexibility index (Phi) is 7.44. The van der Waals surface area contributed by atoms with Crippen molar-refractivity contribution in [2.75, 3.05) is 36.8 Å². The fraction of sp³-hybridized carbons (Fsp3) is 0.455. The summed E-state index contributed by atoms with van der Waals surface area (Å²) in [6.45, 7) is 4.78. The number of carbonyl (C=O) groups excluding carboxylic acids is 1. The number of hydrogen-bond acceptors (Lipinski definition) is 5. The molecule has 0 unspecified atom stereocenters. The first-order chi connectivity index (χ1) is 14.3. The van der Waals surface area contributed by atoms with Crippen LogP contribution in [0.4, 0.5) is 5.69 Å². The normalized spacial score (nSPS) is 14.7. The van der Waals surface area contributed by atoms with E-state index in [9.17, 15) is 13.2 Å². The minimum atomic E-state index is -3.88. The van der Waals surface area contributed by atoms with E-state index in [2.05, 4.69) is 34.1 Å². The van der Waals surface area contributed by atoms with E-state index in [0.29, 0.717) is 12.8 Å². The highest BCUT2D eigenvalue weighted by atomic mass is 32.2. The first kappa shape index (κ1) is 22.2. The molecule has 1 saturated heterocycles. The standard InChI is InChI=1S/C22H29N3O4S/c1-18(26)24-12-14-25(15-13-24)22-11-10-21(23-17-22)9-8-20-6-4-19(5-7-20)3-2-16-30(27,28)29/h4-7,10-11,17H,2-3,8-9,12-16H2,1H3,(H,27,28,29). The summed E-state index contributed by atoms with van der Waals surface area (Å²) in [4.78, 5) is 20.2. The van der Waals surface area contributed by atoms with Crippen molar-refractivity contribution in [1.29, 1.82) is 0 Å². The third kappa shape index (κ3) is 6.81. The molecular weight excluding hydrogens is 402 g/mol. The molecule has 0 radical (unpaired) electrons.